The lowest BCUT2D eigenvalue weighted by Gasteiger charge is -1.94. The molecule has 0 fully saturated rings. The summed E-state index contributed by atoms with van der Waals surface area (Å²) in [5.74, 6) is 0. The van der Waals surface area contributed by atoms with E-state index in [1.165, 1.54) is 5.56 Å². The molecule has 0 aliphatic heterocycles. The van der Waals surface area contributed by atoms with Gasteiger partial charge >= 0.3 is 0 Å². The Hall–Kier alpha value is -0.550. The van der Waals surface area contributed by atoms with E-state index in [-0.39, 0.29) is 24.0 Å². The third-order valence-electron chi connectivity index (χ3n) is 2.43. The second-order valence-corrected chi connectivity index (χ2v) is 3.65. The lowest BCUT2D eigenvalue weighted by atomic mass is 10.1. The Morgan fingerprint density at radius 2 is 1.80 bits per heavy atom. The molecular formula is C11H12ClIN2. The van der Waals surface area contributed by atoms with Crippen LogP contribution in [-0.4, -0.2) is 4.68 Å². The van der Waals surface area contributed by atoms with Crippen LogP contribution >= 0.6 is 11.6 Å². The van der Waals surface area contributed by atoms with Crippen molar-refractivity contribution in [2.45, 2.75) is 0 Å². The van der Waals surface area contributed by atoms with Crippen molar-refractivity contribution in [3.63, 3.8) is 0 Å². The van der Waals surface area contributed by atoms with Gasteiger partial charge in [0.1, 0.15) is 0 Å². The maximum Gasteiger partial charge on any atom is 0.239 e. The molecule has 2 rings (SSSR count). The van der Waals surface area contributed by atoms with Gasteiger partial charge in [-0.1, -0.05) is 29.8 Å². The van der Waals surface area contributed by atoms with Crippen LogP contribution in [-0.2, 0) is 14.1 Å². The van der Waals surface area contributed by atoms with Crippen LogP contribution < -0.4 is 28.7 Å². The Bertz CT molecular complexity index is 451. The third-order valence-corrected chi connectivity index (χ3v) is 2.79. The van der Waals surface area contributed by atoms with Gasteiger partial charge in [-0.25, -0.2) is 0 Å². The van der Waals surface area contributed by atoms with Crippen molar-refractivity contribution < 1.29 is 28.7 Å². The van der Waals surface area contributed by atoms with E-state index in [9.17, 15) is 0 Å². The van der Waals surface area contributed by atoms with E-state index >= 15 is 0 Å². The Balaban J connectivity index is 0.00000112. The average molecular weight is 335 g/mol. The number of hydrogen-bond donors (Lipinski definition) is 0. The molecule has 1 aromatic heterocycles. The van der Waals surface area contributed by atoms with E-state index in [1.54, 1.807) is 0 Å². The first-order valence-electron chi connectivity index (χ1n) is 4.47. The van der Waals surface area contributed by atoms with Gasteiger partial charge in [0, 0.05) is 5.56 Å². The zero-order chi connectivity index (χ0) is 10.1. The van der Waals surface area contributed by atoms with E-state index < -0.39 is 0 Å². The highest BCUT2D eigenvalue weighted by atomic mass is 127. The average Bonchev–Trinajstić information content (AvgIpc) is 2.47. The smallest absolute Gasteiger partial charge is 0.239 e. The van der Waals surface area contributed by atoms with Crippen LogP contribution in [0.2, 0.25) is 5.15 Å². The van der Waals surface area contributed by atoms with Gasteiger partial charge in [-0.05, 0) is 12.1 Å². The van der Waals surface area contributed by atoms with Crippen molar-refractivity contribution in [3.05, 3.63) is 41.6 Å². The van der Waals surface area contributed by atoms with E-state index in [0.717, 1.165) is 10.8 Å². The molecule has 0 N–H and O–H groups in total. The quantitative estimate of drug-likeness (QED) is 0.476. The summed E-state index contributed by atoms with van der Waals surface area (Å²) in [7, 11) is 3.93. The molecule has 0 saturated carbocycles. The number of rotatable bonds is 1. The molecule has 0 unspecified atom stereocenters. The molecule has 2 aromatic rings. The minimum Gasteiger partial charge on any atom is -1.00 e. The van der Waals surface area contributed by atoms with Crippen LogP contribution in [0.1, 0.15) is 0 Å². The third kappa shape index (κ3) is 2.34. The van der Waals surface area contributed by atoms with Gasteiger partial charge in [0.05, 0.1) is 13.1 Å². The molecule has 1 heterocycles. The summed E-state index contributed by atoms with van der Waals surface area (Å²) < 4.78 is 3.93. The predicted octanol–water partition coefficient (Wildman–Crippen LogP) is -0.826. The van der Waals surface area contributed by atoms with Gasteiger partial charge in [0.2, 0.25) is 5.69 Å². The minimum absolute atomic E-state index is 0. The predicted molar refractivity (Wildman–Crippen MR) is 57.0 cm³/mol. The van der Waals surface area contributed by atoms with Gasteiger partial charge in [0.15, 0.2) is 12.2 Å². The lowest BCUT2D eigenvalue weighted by molar-refractivity contribution is -0.741. The van der Waals surface area contributed by atoms with Gasteiger partial charge < -0.3 is 24.0 Å². The van der Waals surface area contributed by atoms with E-state index in [1.807, 2.05) is 47.7 Å². The zero-order valence-corrected chi connectivity index (χ0v) is 11.5. The highest BCUT2D eigenvalue weighted by molar-refractivity contribution is 6.29. The fourth-order valence-electron chi connectivity index (χ4n) is 1.48. The van der Waals surface area contributed by atoms with Crippen LogP contribution in [0.3, 0.4) is 0 Å². The van der Waals surface area contributed by atoms with Crippen LogP contribution in [0.4, 0.5) is 0 Å². The second kappa shape index (κ2) is 4.99. The molecule has 1 aromatic carbocycles. The molecule has 2 nitrogen and oxygen atoms in total. The molecule has 0 radical (unpaired) electrons. The summed E-state index contributed by atoms with van der Waals surface area (Å²) in [5, 5.41) is 0.742. The summed E-state index contributed by atoms with van der Waals surface area (Å²) in [5.41, 5.74) is 2.30. The molecule has 0 atom stereocenters. The van der Waals surface area contributed by atoms with E-state index in [0.29, 0.717) is 0 Å². The summed E-state index contributed by atoms with van der Waals surface area (Å²) >= 11 is 6.03. The number of nitrogens with zero attached hydrogens (tertiary/aromatic N) is 2. The summed E-state index contributed by atoms with van der Waals surface area (Å²) in [6, 6.07) is 12.2. The number of halogens is 2. The number of aromatic nitrogens is 2. The van der Waals surface area contributed by atoms with E-state index in [4.69, 9.17) is 11.6 Å². The Morgan fingerprint density at radius 3 is 2.27 bits per heavy atom. The molecule has 80 valence electrons. The van der Waals surface area contributed by atoms with Crippen LogP contribution in [0.25, 0.3) is 11.3 Å². The largest absolute Gasteiger partial charge is 1.00 e. The van der Waals surface area contributed by atoms with Gasteiger partial charge in [0.25, 0.3) is 0 Å². The lowest BCUT2D eigenvalue weighted by Crippen LogP contribution is -3.00. The van der Waals surface area contributed by atoms with Gasteiger partial charge in [-0.2, -0.15) is 0 Å². The highest BCUT2D eigenvalue weighted by Crippen LogP contribution is 2.18. The van der Waals surface area contributed by atoms with Crippen molar-refractivity contribution in [1.29, 1.82) is 0 Å². The van der Waals surface area contributed by atoms with Crippen LogP contribution in [0.5, 0.6) is 0 Å². The number of hydrogen-bond acceptors (Lipinski definition) is 0. The molecule has 0 aliphatic carbocycles. The molecule has 0 aliphatic rings. The van der Waals surface area contributed by atoms with Gasteiger partial charge in [-0.15, -0.1) is 9.36 Å². The summed E-state index contributed by atoms with van der Waals surface area (Å²) in [4.78, 5) is 0. The zero-order valence-electron chi connectivity index (χ0n) is 8.61. The standard InChI is InChI=1S/C11H12ClN2.HI/c1-13-10(8-11(12)14(13)2)9-6-4-3-5-7-9;/h3-8H,1-2H3;1H/q+1;/p-1. The molecule has 0 spiro atoms. The first-order chi connectivity index (χ1) is 6.70. The van der Waals surface area contributed by atoms with E-state index in [2.05, 4.69) is 12.1 Å². The molecular weight excluding hydrogens is 322 g/mol. The first-order valence-corrected chi connectivity index (χ1v) is 4.85. The van der Waals surface area contributed by atoms with Crippen molar-refractivity contribution in [2.75, 3.05) is 0 Å². The van der Waals surface area contributed by atoms with Crippen LogP contribution in [0, 0.1) is 0 Å². The van der Waals surface area contributed by atoms with Crippen molar-refractivity contribution in [2.24, 2.45) is 14.1 Å². The molecule has 0 amide bonds. The minimum atomic E-state index is 0. The molecule has 0 saturated heterocycles. The van der Waals surface area contributed by atoms with Crippen molar-refractivity contribution in [1.82, 2.24) is 4.68 Å². The molecule has 0 bridgehead atoms. The van der Waals surface area contributed by atoms with Crippen LogP contribution in [0.15, 0.2) is 36.4 Å². The maximum absolute atomic E-state index is 6.03. The fraction of sp³-hybridized carbons (Fsp3) is 0.182. The summed E-state index contributed by atoms with van der Waals surface area (Å²) in [6.07, 6.45) is 0. The fourth-order valence-corrected chi connectivity index (χ4v) is 1.70. The molecule has 15 heavy (non-hydrogen) atoms. The van der Waals surface area contributed by atoms with Crippen molar-refractivity contribution in [3.8, 4) is 11.3 Å². The highest BCUT2D eigenvalue weighted by Gasteiger charge is 2.16. The Labute approximate surface area is 111 Å². The first kappa shape index (κ1) is 12.5. The van der Waals surface area contributed by atoms with Gasteiger partial charge in [-0.3, -0.25) is 0 Å². The maximum atomic E-state index is 6.03. The van der Waals surface area contributed by atoms with Crippen molar-refractivity contribution >= 4 is 11.6 Å². The second-order valence-electron chi connectivity index (χ2n) is 3.27. The number of benzene rings is 1. The topological polar surface area (TPSA) is 8.81 Å². The Kier molecular flexibility index (Phi) is 4.16. The SMILES string of the molecule is Cn1c(Cl)cc(-c2ccccc2)[n+]1C.[I-]. The summed E-state index contributed by atoms with van der Waals surface area (Å²) in [6.45, 7) is 0. The normalized spacial score (nSPS) is 9.80. The molecule has 4 heteroatoms. The Morgan fingerprint density at radius 1 is 1.20 bits per heavy atom. The monoisotopic (exact) mass is 334 g/mol.